The van der Waals surface area contributed by atoms with Crippen molar-refractivity contribution in [3.63, 3.8) is 0 Å². The average molecular weight is 263 g/mol. The lowest BCUT2D eigenvalue weighted by Crippen LogP contribution is -2.25. The first-order valence-corrected chi connectivity index (χ1v) is 6.95. The molecule has 0 atom stereocenters. The Balaban J connectivity index is 1.94. The average Bonchev–Trinajstić information content (AvgIpc) is 2.63. The van der Waals surface area contributed by atoms with Gasteiger partial charge in [0.2, 0.25) is 5.91 Å². The smallest absolute Gasteiger partial charge is 0.224 e. The zero-order valence-electron chi connectivity index (χ0n) is 11.4. The highest BCUT2D eigenvalue weighted by molar-refractivity contribution is 5.78. The van der Waals surface area contributed by atoms with Gasteiger partial charge >= 0.3 is 0 Å². The molecule has 0 saturated heterocycles. The zero-order valence-corrected chi connectivity index (χ0v) is 11.4. The van der Waals surface area contributed by atoms with Crippen molar-refractivity contribution in [2.45, 2.75) is 32.6 Å². The van der Waals surface area contributed by atoms with Crippen molar-refractivity contribution in [1.82, 2.24) is 5.32 Å². The van der Waals surface area contributed by atoms with E-state index in [4.69, 9.17) is 9.47 Å². The zero-order chi connectivity index (χ0) is 13.5. The van der Waals surface area contributed by atoms with Crippen LogP contribution in [0, 0.1) is 0 Å². The number of nitrogens with one attached hydrogen (secondary N) is 1. The molecule has 4 heteroatoms. The van der Waals surface area contributed by atoms with Gasteiger partial charge < -0.3 is 14.8 Å². The number of hydrogen-bond donors (Lipinski definition) is 1. The van der Waals surface area contributed by atoms with Gasteiger partial charge in [0, 0.05) is 13.0 Å². The van der Waals surface area contributed by atoms with Crippen LogP contribution in [0.2, 0.25) is 0 Å². The number of benzene rings is 1. The van der Waals surface area contributed by atoms with E-state index in [1.165, 1.54) is 0 Å². The molecule has 1 N–H and O–H groups in total. The van der Waals surface area contributed by atoms with Gasteiger partial charge in [-0.3, -0.25) is 4.79 Å². The Kier molecular flexibility index (Phi) is 5.07. The van der Waals surface area contributed by atoms with E-state index < -0.39 is 0 Å². The molecule has 0 aromatic heterocycles. The van der Waals surface area contributed by atoms with Gasteiger partial charge in [-0.15, -0.1) is 0 Å². The van der Waals surface area contributed by atoms with Crippen molar-refractivity contribution in [2.24, 2.45) is 0 Å². The van der Waals surface area contributed by atoms with Crippen molar-refractivity contribution in [1.29, 1.82) is 0 Å². The predicted octanol–water partition coefficient (Wildman–Crippen LogP) is 2.31. The van der Waals surface area contributed by atoms with Crippen molar-refractivity contribution in [2.75, 3.05) is 19.8 Å². The number of carbonyl (C=O) groups is 1. The van der Waals surface area contributed by atoms with Gasteiger partial charge in [-0.1, -0.05) is 19.4 Å². The minimum atomic E-state index is 0.0583. The number of rotatable bonds is 5. The molecule has 0 unspecified atom stereocenters. The van der Waals surface area contributed by atoms with Gasteiger partial charge in [0.15, 0.2) is 11.5 Å². The summed E-state index contributed by atoms with van der Waals surface area (Å²) in [4.78, 5) is 11.7. The SMILES string of the molecule is CCCCNC(=O)Cc1ccc2c(c1)OCCCO2. The number of amides is 1. The Bertz CT molecular complexity index is 431. The lowest BCUT2D eigenvalue weighted by Gasteiger charge is -2.09. The van der Waals surface area contributed by atoms with Gasteiger partial charge in [0.1, 0.15) is 0 Å². The van der Waals surface area contributed by atoms with Crippen LogP contribution in [-0.2, 0) is 11.2 Å². The van der Waals surface area contributed by atoms with Crippen LogP contribution in [0.3, 0.4) is 0 Å². The van der Waals surface area contributed by atoms with Gasteiger partial charge in [-0.25, -0.2) is 0 Å². The van der Waals surface area contributed by atoms with Crippen LogP contribution in [0.25, 0.3) is 0 Å². The molecule has 0 fully saturated rings. The summed E-state index contributed by atoms with van der Waals surface area (Å²) in [6, 6.07) is 5.71. The number of unbranched alkanes of at least 4 members (excludes halogenated alkanes) is 1. The molecule has 0 radical (unpaired) electrons. The quantitative estimate of drug-likeness (QED) is 0.829. The largest absolute Gasteiger partial charge is 0.490 e. The maximum Gasteiger partial charge on any atom is 0.224 e. The highest BCUT2D eigenvalue weighted by atomic mass is 16.5. The minimum absolute atomic E-state index is 0.0583. The Labute approximate surface area is 114 Å². The van der Waals surface area contributed by atoms with Gasteiger partial charge in [-0.05, 0) is 24.1 Å². The Hall–Kier alpha value is -1.71. The van der Waals surface area contributed by atoms with Crippen LogP contribution in [0.5, 0.6) is 11.5 Å². The van der Waals surface area contributed by atoms with E-state index in [1.54, 1.807) is 0 Å². The lowest BCUT2D eigenvalue weighted by molar-refractivity contribution is -0.120. The molecule has 0 spiro atoms. The first-order chi connectivity index (χ1) is 9.29. The first-order valence-electron chi connectivity index (χ1n) is 6.95. The summed E-state index contributed by atoms with van der Waals surface area (Å²) in [5.41, 5.74) is 0.957. The number of carbonyl (C=O) groups excluding carboxylic acids is 1. The van der Waals surface area contributed by atoms with Crippen LogP contribution < -0.4 is 14.8 Å². The third-order valence-corrected chi connectivity index (χ3v) is 3.03. The highest BCUT2D eigenvalue weighted by Gasteiger charge is 2.12. The molecule has 0 aliphatic carbocycles. The molecule has 2 rings (SSSR count). The monoisotopic (exact) mass is 263 g/mol. The maximum absolute atomic E-state index is 11.7. The third-order valence-electron chi connectivity index (χ3n) is 3.03. The number of fused-ring (bicyclic) bond motifs is 1. The van der Waals surface area contributed by atoms with Crippen LogP contribution in [0.1, 0.15) is 31.7 Å². The third kappa shape index (κ3) is 4.16. The summed E-state index contributed by atoms with van der Waals surface area (Å²) in [6.45, 7) is 4.21. The van der Waals surface area contributed by atoms with Crippen molar-refractivity contribution in [3.05, 3.63) is 23.8 Å². The Morgan fingerprint density at radius 1 is 1.26 bits per heavy atom. The second kappa shape index (κ2) is 7.02. The van der Waals surface area contributed by atoms with E-state index in [0.717, 1.165) is 42.9 Å². The summed E-state index contributed by atoms with van der Waals surface area (Å²) < 4.78 is 11.2. The van der Waals surface area contributed by atoms with Crippen LogP contribution >= 0.6 is 0 Å². The van der Waals surface area contributed by atoms with E-state index >= 15 is 0 Å². The number of ether oxygens (including phenoxy) is 2. The molecule has 1 aliphatic heterocycles. The summed E-state index contributed by atoms with van der Waals surface area (Å²) >= 11 is 0. The molecule has 1 heterocycles. The molecular formula is C15H21NO3. The molecule has 0 saturated carbocycles. The number of hydrogen-bond acceptors (Lipinski definition) is 3. The molecule has 1 amide bonds. The Morgan fingerprint density at radius 3 is 2.84 bits per heavy atom. The van der Waals surface area contributed by atoms with Gasteiger partial charge in [-0.2, -0.15) is 0 Å². The van der Waals surface area contributed by atoms with E-state index in [1.807, 2.05) is 18.2 Å². The molecule has 4 nitrogen and oxygen atoms in total. The van der Waals surface area contributed by atoms with Crippen molar-refractivity contribution < 1.29 is 14.3 Å². The highest BCUT2D eigenvalue weighted by Crippen LogP contribution is 2.30. The molecular weight excluding hydrogens is 242 g/mol. The van der Waals surface area contributed by atoms with E-state index in [-0.39, 0.29) is 5.91 Å². The molecule has 104 valence electrons. The van der Waals surface area contributed by atoms with Crippen molar-refractivity contribution >= 4 is 5.91 Å². The van der Waals surface area contributed by atoms with Crippen molar-refractivity contribution in [3.8, 4) is 11.5 Å². The van der Waals surface area contributed by atoms with Gasteiger partial charge in [0.25, 0.3) is 0 Å². The first kappa shape index (κ1) is 13.7. The maximum atomic E-state index is 11.7. The van der Waals surface area contributed by atoms with Gasteiger partial charge in [0.05, 0.1) is 19.6 Å². The summed E-state index contributed by atoms with van der Waals surface area (Å²) in [5.74, 6) is 1.58. The standard InChI is InChI=1S/C15H21NO3/c1-2-3-7-16-15(17)11-12-5-6-13-14(10-12)19-9-4-8-18-13/h5-6,10H,2-4,7-9,11H2,1H3,(H,16,17). The summed E-state index contributed by atoms with van der Waals surface area (Å²) in [7, 11) is 0. The normalized spacial score (nSPS) is 13.7. The van der Waals surface area contributed by atoms with E-state index in [0.29, 0.717) is 19.6 Å². The molecule has 1 aromatic rings. The fourth-order valence-electron chi connectivity index (χ4n) is 1.97. The van der Waals surface area contributed by atoms with Crippen LogP contribution in [0.4, 0.5) is 0 Å². The second-order valence-corrected chi connectivity index (χ2v) is 4.71. The second-order valence-electron chi connectivity index (χ2n) is 4.71. The Morgan fingerprint density at radius 2 is 2.05 bits per heavy atom. The molecule has 1 aromatic carbocycles. The lowest BCUT2D eigenvalue weighted by atomic mass is 10.1. The summed E-state index contributed by atoms with van der Waals surface area (Å²) in [5, 5.41) is 2.91. The minimum Gasteiger partial charge on any atom is -0.490 e. The van der Waals surface area contributed by atoms with E-state index in [2.05, 4.69) is 12.2 Å². The molecule has 0 bridgehead atoms. The predicted molar refractivity (Wildman–Crippen MR) is 73.7 cm³/mol. The molecule has 1 aliphatic rings. The van der Waals surface area contributed by atoms with Crippen LogP contribution in [0.15, 0.2) is 18.2 Å². The molecule has 19 heavy (non-hydrogen) atoms. The topological polar surface area (TPSA) is 47.6 Å². The fourth-order valence-corrected chi connectivity index (χ4v) is 1.97. The van der Waals surface area contributed by atoms with Crippen LogP contribution in [-0.4, -0.2) is 25.7 Å². The fraction of sp³-hybridized carbons (Fsp3) is 0.533. The summed E-state index contributed by atoms with van der Waals surface area (Å²) in [6.07, 6.45) is 3.39. The van der Waals surface area contributed by atoms with E-state index in [9.17, 15) is 4.79 Å².